The Morgan fingerprint density at radius 2 is 1.65 bits per heavy atom. The van der Waals surface area contributed by atoms with E-state index in [1.807, 2.05) is 12.1 Å². The van der Waals surface area contributed by atoms with Gasteiger partial charge in [-0.05, 0) is 61.1 Å². The number of alkyl halides is 3. The molecular weight excluding hydrogens is 649 g/mol. The second-order valence-electron chi connectivity index (χ2n) is 11.9. The van der Waals surface area contributed by atoms with Crippen molar-refractivity contribution in [2.45, 2.75) is 48.7 Å². The van der Waals surface area contributed by atoms with Crippen molar-refractivity contribution < 1.29 is 35.9 Å². The number of sulfonamides is 1. The maximum Gasteiger partial charge on any atom is 0.422 e. The number of ether oxygens (including phenoxy) is 2. The third kappa shape index (κ3) is 7.88. The van der Waals surface area contributed by atoms with Crippen molar-refractivity contribution in [2.24, 2.45) is 5.41 Å². The molecule has 2 N–H and O–H groups in total. The summed E-state index contributed by atoms with van der Waals surface area (Å²) in [4.78, 5) is 27.6. The minimum atomic E-state index is -4.60. The second kappa shape index (κ2) is 12.6. The van der Waals surface area contributed by atoms with Crippen molar-refractivity contribution in [3.63, 3.8) is 0 Å². The third-order valence-corrected chi connectivity index (χ3v) is 9.91. The number of morpholine rings is 1. The summed E-state index contributed by atoms with van der Waals surface area (Å²) in [6.07, 6.45) is -1.83. The van der Waals surface area contributed by atoms with E-state index in [2.05, 4.69) is 29.9 Å². The molecule has 1 saturated heterocycles. The number of benzene rings is 2. The number of halogens is 4. The number of hydrogen-bond acceptors (Lipinski definition) is 10. The van der Waals surface area contributed by atoms with Gasteiger partial charge >= 0.3 is 12.2 Å². The standard InChI is InChI=1S/C30H32ClF3N6O5S/c31-22-5-3-21(4-6-22)29(11-12-29)38-26-35-24(36-27(37-26)45-19-30(32,33)34)17-20-1-7-23(8-2-20)46(42,43)39-25(41)28(9-10-28)18-40-13-15-44-16-14-40/h1-8H,9-19H2,(H,39,41)(H,35,36,37,38). The zero-order valence-corrected chi connectivity index (χ0v) is 26.2. The molecule has 0 unspecified atom stereocenters. The van der Waals surface area contributed by atoms with Crippen molar-refractivity contribution in [3.05, 3.63) is 70.5 Å². The lowest BCUT2D eigenvalue weighted by atomic mass is 10.1. The number of nitrogens with zero attached hydrogens (tertiary/aromatic N) is 4. The van der Waals surface area contributed by atoms with E-state index >= 15 is 0 Å². The number of hydrogen-bond donors (Lipinski definition) is 2. The summed E-state index contributed by atoms with van der Waals surface area (Å²) >= 11 is 6.02. The average molecular weight is 681 g/mol. The van der Waals surface area contributed by atoms with E-state index in [1.165, 1.54) is 24.3 Å². The van der Waals surface area contributed by atoms with E-state index in [-0.39, 0.29) is 23.1 Å². The minimum Gasteiger partial charge on any atom is -0.454 e. The molecule has 2 aliphatic carbocycles. The molecule has 1 aromatic heterocycles. The van der Waals surface area contributed by atoms with Crippen LogP contribution in [0.1, 0.15) is 42.6 Å². The Morgan fingerprint density at radius 3 is 2.26 bits per heavy atom. The van der Waals surface area contributed by atoms with Crippen LogP contribution in [-0.2, 0) is 31.5 Å². The van der Waals surface area contributed by atoms with Crippen LogP contribution in [0, 0.1) is 5.41 Å². The number of carbonyl (C=O) groups excluding carboxylic acids is 1. The predicted octanol–water partition coefficient (Wildman–Crippen LogP) is 4.08. The van der Waals surface area contributed by atoms with Crippen LogP contribution in [0.3, 0.4) is 0 Å². The SMILES string of the molecule is O=C(NS(=O)(=O)c1ccc(Cc2nc(NC3(c4ccc(Cl)cc4)CC3)nc(OCC(F)(F)F)n2)cc1)C1(CN2CCOCC2)CC1. The lowest BCUT2D eigenvalue weighted by Crippen LogP contribution is -2.46. The number of aromatic nitrogens is 3. The van der Waals surface area contributed by atoms with Gasteiger partial charge in [0.2, 0.25) is 11.9 Å². The van der Waals surface area contributed by atoms with Gasteiger partial charge in [-0.1, -0.05) is 35.9 Å². The van der Waals surface area contributed by atoms with Gasteiger partial charge in [-0.25, -0.2) is 13.1 Å². The summed E-state index contributed by atoms with van der Waals surface area (Å²) in [6, 6.07) is 12.5. The van der Waals surface area contributed by atoms with Crippen molar-refractivity contribution in [2.75, 3.05) is 44.8 Å². The highest BCUT2D eigenvalue weighted by atomic mass is 35.5. The van der Waals surface area contributed by atoms with Gasteiger partial charge in [0.1, 0.15) is 5.82 Å². The summed E-state index contributed by atoms with van der Waals surface area (Å²) in [7, 11) is -4.14. The molecule has 6 rings (SSSR count). The molecule has 1 amide bonds. The fraction of sp³-hybridized carbons (Fsp3) is 0.467. The first-order valence-corrected chi connectivity index (χ1v) is 16.6. The van der Waals surface area contributed by atoms with Crippen LogP contribution in [0.2, 0.25) is 5.02 Å². The molecular formula is C30H32ClF3N6O5S. The van der Waals surface area contributed by atoms with Gasteiger partial charge in [-0.3, -0.25) is 9.69 Å². The smallest absolute Gasteiger partial charge is 0.422 e. The first-order chi connectivity index (χ1) is 21.8. The molecule has 46 heavy (non-hydrogen) atoms. The molecule has 0 bridgehead atoms. The first kappa shape index (κ1) is 32.4. The summed E-state index contributed by atoms with van der Waals surface area (Å²) in [5.74, 6) is -0.362. The van der Waals surface area contributed by atoms with E-state index < -0.39 is 45.7 Å². The Labute approximate surface area is 268 Å². The number of anilines is 1. The van der Waals surface area contributed by atoms with Crippen LogP contribution in [0.5, 0.6) is 6.01 Å². The van der Waals surface area contributed by atoms with E-state index in [9.17, 15) is 26.4 Å². The summed E-state index contributed by atoms with van der Waals surface area (Å²) in [6.45, 7) is 1.45. The number of rotatable bonds is 12. The number of nitrogens with one attached hydrogen (secondary N) is 2. The van der Waals surface area contributed by atoms with Gasteiger partial charge in [0.25, 0.3) is 10.0 Å². The number of amides is 1. The Hall–Kier alpha value is -3.53. The highest BCUT2D eigenvalue weighted by Crippen LogP contribution is 2.48. The summed E-state index contributed by atoms with van der Waals surface area (Å²) in [5.41, 5.74) is 0.266. The normalized spacial score (nSPS) is 18.9. The Morgan fingerprint density at radius 1 is 0.978 bits per heavy atom. The summed E-state index contributed by atoms with van der Waals surface area (Å²) in [5, 5.41) is 3.79. The van der Waals surface area contributed by atoms with Crippen LogP contribution in [0.4, 0.5) is 19.1 Å². The van der Waals surface area contributed by atoms with Crippen LogP contribution in [-0.4, -0.2) is 79.8 Å². The van der Waals surface area contributed by atoms with Crippen LogP contribution in [0.15, 0.2) is 53.4 Å². The molecule has 0 radical (unpaired) electrons. The fourth-order valence-electron chi connectivity index (χ4n) is 5.39. The van der Waals surface area contributed by atoms with Crippen molar-refractivity contribution in [1.29, 1.82) is 0 Å². The minimum absolute atomic E-state index is 0.0441. The zero-order valence-electron chi connectivity index (χ0n) is 24.6. The van der Waals surface area contributed by atoms with Gasteiger partial charge < -0.3 is 14.8 Å². The van der Waals surface area contributed by atoms with Gasteiger partial charge in [0.05, 0.1) is 29.1 Å². The molecule has 2 aromatic carbocycles. The van der Waals surface area contributed by atoms with Crippen molar-refractivity contribution in [1.82, 2.24) is 24.6 Å². The molecule has 1 aliphatic heterocycles. The lowest BCUT2D eigenvalue weighted by molar-refractivity contribution is -0.154. The fourth-order valence-corrected chi connectivity index (χ4v) is 6.59. The molecule has 0 atom stereocenters. The molecule has 16 heteroatoms. The van der Waals surface area contributed by atoms with E-state index in [0.29, 0.717) is 56.3 Å². The monoisotopic (exact) mass is 680 g/mol. The number of carbonyl (C=O) groups is 1. The average Bonchev–Trinajstić information content (AvgIpc) is 3.95. The van der Waals surface area contributed by atoms with E-state index in [4.69, 9.17) is 21.1 Å². The van der Waals surface area contributed by atoms with Crippen molar-refractivity contribution in [3.8, 4) is 6.01 Å². The third-order valence-electron chi connectivity index (χ3n) is 8.31. The van der Waals surface area contributed by atoms with Gasteiger partial charge in [-0.15, -0.1) is 0 Å². The van der Waals surface area contributed by atoms with Crippen LogP contribution in [0.25, 0.3) is 0 Å². The first-order valence-electron chi connectivity index (χ1n) is 14.8. The van der Waals surface area contributed by atoms with E-state index in [1.54, 1.807) is 12.1 Å². The van der Waals surface area contributed by atoms with Gasteiger partial charge in [0.15, 0.2) is 6.61 Å². The highest BCUT2D eigenvalue weighted by molar-refractivity contribution is 7.90. The second-order valence-corrected chi connectivity index (χ2v) is 14.0. The molecule has 2 heterocycles. The molecule has 3 fully saturated rings. The topological polar surface area (TPSA) is 136 Å². The zero-order chi connectivity index (χ0) is 32.6. The van der Waals surface area contributed by atoms with Gasteiger partial charge in [0, 0.05) is 31.1 Å². The largest absolute Gasteiger partial charge is 0.454 e. The lowest BCUT2D eigenvalue weighted by Gasteiger charge is -2.29. The molecule has 0 spiro atoms. The van der Waals surface area contributed by atoms with Gasteiger partial charge in [-0.2, -0.15) is 28.1 Å². The Kier molecular flexibility index (Phi) is 8.87. The predicted molar refractivity (Wildman–Crippen MR) is 161 cm³/mol. The van der Waals surface area contributed by atoms with Crippen molar-refractivity contribution >= 4 is 33.5 Å². The quantitative estimate of drug-likeness (QED) is 0.288. The maximum atomic E-state index is 13.1. The Bertz CT molecular complexity index is 1680. The molecule has 246 valence electrons. The molecule has 2 saturated carbocycles. The summed E-state index contributed by atoms with van der Waals surface area (Å²) < 4.78 is 77.3. The van der Waals surface area contributed by atoms with Crippen LogP contribution >= 0.6 is 11.6 Å². The van der Waals surface area contributed by atoms with E-state index in [0.717, 1.165) is 18.4 Å². The molecule has 3 aliphatic rings. The maximum absolute atomic E-state index is 13.1. The Balaban J connectivity index is 1.15. The molecule has 11 nitrogen and oxygen atoms in total. The highest BCUT2D eigenvalue weighted by Gasteiger charge is 2.52. The van der Waals surface area contributed by atoms with Crippen LogP contribution < -0.4 is 14.8 Å². The molecule has 3 aromatic rings.